The maximum absolute atomic E-state index is 11.9. The Balaban J connectivity index is 1.96. The van der Waals surface area contributed by atoms with Crippen LogP contribution in [0.1, 0.15) is 23.2 Å². The molecule has 1 aromatic rings. The number of ether oxygens (including phenoxy) is 1. The van der Waals surface area contributed by atoms with Crippen molar-refractivity contribution in [2.45, 2.75) is 12.8 Å². The summed E-state index contributed by atoms with van der Waals surface area (Å²) in [4.78, 5) is 22.6. The molecule has 1 aliphatic heterocycles. The Hall–Kier alpha value is -1.88. The van der Waals surface area contributed by atoms with Crippen LogP contribution in [0.4, 0.5) is 5.69 Å². The monoisotopic (exact) mass is 249 g/mol. The fourth-order valence-electron chi connectivity index (χ4n) is 1.90. The topological polar surface area (TPSA) is 75.6 Å². The summed E-state index contributed by atoms with van der Waals surface area (Å²) in [6, 6.07) is 6.14. The zero-order valence-electron chi connectivity index (χ0n) is 9.89. The number of benzene rings is 1. The quantitative estimate of drug-likeness (QED) is 0.855. The molecule has 1 heterocycles. The van der Waals surface area contributed by atoms with Gasteiger partial charge in [-0.3, -0.25) is 4.79 Å². The van der Waals surface area contributed by atoms with Crippen molar-refractivity contribution < 1.29 is 19.4 Å². The van der Waals surface area contributed by atoms with Crippen molar-refractivity contribution in [2.75, 3.05) is 18.5 Å². The summed E-state index contributed by atoms with van der Waals surface area (Å²) < 4.78 is 5.20. The number of hydrogen-bond acceptors (Lipinski definition) is 3. The van der Waals surface area contributed by atoms with Crippen molar-refractivity contribution >= 4 is 17.6 Å². The highest BCUT2D eigenvalue weighted by molar-refractivity contribution is 5.93. The Bertz CT molecular complexity index is 435. The molecule has 0 atom stereocenters. The lowest BCUT2D eigenvalue weighted by Crippen LogP contribution is -2.28. The Kier molecular flexibility index (Phi) is 3.94. The van der Waals surface area contributed by atoms with Gasteiger partial charge in [0.25, 0.3) is 0 Å². The number of anilines is 1. The van der Waals surface area contributed by atoms with Crippen molar-refractivity contribution in [3.8, 4) is 0 Å². The van der Waals surface area contributed by atoms with Crippen molar-refractivity contribution in [1.29, 1.82) is 0 Å². The molecule has 0 spiro atoms. The predicted molar refractivity (Wildman–Crippen MR) is 65.6 cm³/mol. The molecule has 2 N–H and O–H groups in total. The number of carboxylic acids is 1. The van der Waals surface area contributed by atoms with Crippen LogP contribution in [0, 0.1) is 5.92 Å². The summed E-state index contributed by atoms with van der Waals surface area (Å²) in [5.74, 6) is -1.02. The SMILES string of the molecule is O=C(O)c1ccc(NC(=O)C2CCOCC2)cc1. The van der Waals surface area contributed by atoms with Gasteiger partial charge in [0, 0.05) is 24.8 Å². The molecule has 96 valence electrons. The van der Waals surface area contributed by atoms with Gasteiger partial charge in [-0.25, -0.2) is 4.79 Å². The van der Waals surface area contributed by atoms with Crippen LogP contribution in [0.3, 0.4) is 0 Å². The van der Waals surface area contributed by atoms with Crippen molar-refractivity contribution in [2.24, 2.45) is 5.92 Å². The molecule has 1 fully saturated rings. The lowest BCUT2D eigenvalue weighted by atomic mass is 9.99. The maximum atomic E-state index is 11.9. The zero-order chi connectivity index (χ0) is 13.0. The van der Waals surface area contributed by atoms with E-state index >= 15 is 0 Å². The number of nitrogens with one attached hydrogen (secondary N) is 1. The summed E-state index contributed by atoms with van der Waals surface area (Å²) in [5, 5.41) is 11.6. The molecule has 1 aliphatic rings. The Morgan fingerprint density at radius 2 is 1.78 bits per heavy atom. The van der Waals surface area contributed by atoms with Gasteiger partial charge in [-0.1, -0.05) is 0 Å². The standard InChI is InChI=1S/C13H15NO4/c15-12(9-5-7-18-8-6-9)14-11-3-1-10(2-4-11)13(16)17/h1-4,9H,5-8H2,(H,14,15)(H,16,17). The van der Waals surface area contributed by atoms with Crippen LogP contribution in [0.5, 0.6) is 0 Å². The molecule has 0 radical (unpaired) electrons. The summed E-state index contributed by atoms with van der Waals surface area (Å²) >= 11 is 0. The van der Waals surface area contributed by atoms with Crippen LogP contribution in [0.25, 0.3) is 0 Å². The van der Waals surface area contributed by atoms with Gasteiger partial charge in [-0.05, 0) is 37.1 Å². The third-order valence-corrected chi connectivity index (χ3v) is 2.99. The van der Waals surface area contributed by atoms with Crippen LogP contribution in [-0.2, 0) is 9.53 Å². The second-order valence-electron chi connectivity index (χ2n) is 4.26. The van der Waals surface area contributed by atoms with Crippen LogP contribution in [-0.4, -0.2) is 30.2 Å². The fraction of sp³-hybridized carbons (Fsp3) is 0.385. The highest BCUT2D eigenvalue weighted by Crippen LogP contribution is 2.18. The van der Waals surface area contributed by atoms with E-state index < -0.39 is 5.97 Å². The first kappa shape index (κ1) is 12.6. The minimum atomic E-state index is -0.975. The normalized spacial score (nSPS) is 16.2. The molecule has 1 saturated heterocycles. The summed E-state index contributed by atoms with van der Waals surface area (Å²) in [5.41, 5.74) is 0.829. The van der Waals surface area contributed by atoms with E-state index in [0.717, 1.165) is 12.8 Å². The molecule has 2 rings (SSSR count). The highest BCUT2D eigenvalue weighted by Gasteiger charge is 2.21. The molecule has 0 aliphatic carbocycles. The maximum Gasteiger partial charge on any atom is 0.335 e. The number of aromatic carboxylic acids is 1. The van der Waals surface area contributed by atoms with E-state index in [0.29, 0.717) is 18.9 Å². The van der Waals surface area contributed by atoms with Gasteiger partial charge >= 0.3 is 5.97 Å². The van der Waals surface area contributed by atoms with Crippen molar-refractivity contribution in [3.05, 3.63) is 29.8 Å². The first-order valence-electron chi connectivity index (χ1n) is 5.89. The van der Waals surface area contributed by atoms with E-state index in [-0.39, 0.29) is 17.4 Å². The molecule has 0 saturated carbocycles. The second kappa shape index (κ2) is 5.64. The highest BCUT2D eigenvalue weighted by atomic mass is 16.5. The molecule has 5 nitrogen and oxygen atoms in total. The predicted octanol–water partition coefficient (Wildman–Crippen LogP) is 1.75. The van der Waals surface area contributed by atoms with Gasteiger partial charge < -0.3 is 15.2 Å². The second-order valence-corrected chi connectivity index (χ2v) is 4.26. The smallest absolute Gasteiger partial charge is 0.335 e. The molecular formula is C13H15NO4. The fourth-order valence-corrected chi connectivity index (χ4v) is 1.90. The van der Waals surface area contributed by atoms with Crippen LogP contribution < -0.4 is 5.32 Å². The molecule has 0 bridgehead atoms. The zero-order valence-corrected chi connectivity index (χ0v) is 9.89. The van der Waals surface area contributed by atoms with Crippen molar-refractivity contribution in [1.82, 2.24) is 0 Å². The van der Waals surface area contributed by atoms with E-state index in [9.17, 15) is 9.59 Å². The molecule has 0 aromatic heterocycles. The van der Waals surface area contributed by atoms with Crippen LogP contribution >= 0.6 is 0 Å². The van der Waals surface area contributed by atoms with Crippen molar-refractivity contribution in [3.63, 3.8) is 0 Å². The van der Waals surface area contributed by atoms with Gasteiger partial charge in [0.1, 0.15) is 0 Å². The van der Waals surface area contributed by atoms with Gasteiger partial charge in [0.2, 0.25) is 5.91 Å². The molecule has 1 aromatic carbocycles. The van der Waals surface area contributed by atoms with E-state index in [4.69, 9.17) is 9.84 Å². The minimum Gasteiger partial charge on any atom is -0.478 e. The Morgan fingerprint density at radius 3 is 2.33 bits per heavy atom. The minimum absolute atomic E-state index is 0.0158. The van der Waals surface area contributed by atoms with E-state index in [1.165, 1.54) is 12.1 Å². The number of carboxylic acid groups (broad SMARTS) is 1. The number of hydrogen-bond donors (Lipinski definition) is 2. The Morgan fingerprint density at radius 1 is 1.17 bits per heavy atom. The summed E-state index contributed by atoms with van der Waals surface area (Å²) in [6.07, 6.45) is 1.47. The lowest BCUT2D eigenvalue weighted by Gasteiger charge is -2.21. The van der Waals surface area contributed by atoms with E-state index in [2.05, 4.69) is 5.32 Å². The first-order chi connectivity index (χ1) is 8.66. The molecule has 18 heavy (non-hydrogen) atoms. The molecule has 1 amide bonds. The largest absolute Gasteiger partial charge is 0.478 e. The number of carbonyl (C=O) groups is 2. The van der Waals surface area contributed by atoms with Gasteiger partial charge in [0.05, 0.1) is 5.56 Å². The summed E-state index contributed by atoms with van der Waals surface area (Å²) in [7, 11) is 0. The van der Waals surface area contributed by atoms with Gasteiger partial charge in [0.15, 0.2) is 0 Å². The number of amides is 1. The number of carbonyl (C=O) groups excluding carboxylic acids is 1. The average Bonchev–Trinajstić information content (AvgIpc) is 2.40. The van der Waals surface area contributed by atoms with E-state index in [1.807, 2.05) is 0 Å². The first-order valence-corrected chi connectivity index (χ1v) is 5.89. The molecule has 0 unspecified atom stereocenters. The van der Waals surface area contributed by atoms with Gasteiger partial charge in [-0.15, -0.1) is 0 Å². The van der Waals surface area contributed by atoms with Crippen LogP contribution in [0.2, 0.25) is 0 Å². The number of rotatable bonds is 3. The van der Waals surface area contributed by atoms with Crippen LogP contribution in [0.15, 0.2) is 24.3 Å². The third-order valence-electron chi connectivity index (χ3n) is 2.99. The third kappa shape index (κ3) is 3.07. The van der Waals surface area contributed by atoms with Gasteiger partial charge in [-0.2, -0.15) is 0 Å². The summed E-state index contributed by atoms with van der Waals surface area (Å²) in [6.45, 7) is 1.24. The molecule has 5 heteroatoms. The Labute approximate surface area is 105 Å². The lowest BCUT2D eigenvalue weighted by molar-refractivity contribution is -0.122. The average molecular weight is 249 g/mol. The van der Waals surface area contributed by atoms with E-state index in [1.54, 1.807) is 12.1 Å². The molecular weight excluding hydrogens is 234 g/mol.